The Balaban J connectivity index is 2.16. The van der Waals surface area contributed by atoms with E-state index in [4.69, 9.17) is 26.0 Å². The van der Waals surface area contributed by atoms with Crippen molar-refractivity contribution >= 4 is 21.6 Å². The highest BCUT2D eigenvalue weighted by molar-refractivity contribution is 7.89. The molecule has 0 aliphatic rings. The van der Waals surface area contributed by atoms with Crippen LogP contribution in [0, 0.1) is 0 Å². The maximum atomic E-state index is 11.5. The summed E-state index contributed by atoms with van der Waals surface area (Å²) in [5, 5.41) is 9.14. The van der Waals surface area contributed by atoms with Gasteiger partial charge in [0.25, 0.3) is 5.89 Å². The molecule has 0 bridgehead atoms. The number of aromatic nitrogens is 2. The van der Waals surface area contributed by atoms with Gasteiger partial charge in [-0.25, -0.2) is 13.6 Å². The van der Waals surface area contributed by atoms with E-state index in [9.17, 15) is 8.42 Å². The second kappa shape index (κ2) is 6.42. The van der Waals surface area contributed by atoms with E-state index in [2.05, 4.69) is 10.1 Å². The van der Waals surface area contributed by atoms with Crippen LogP contribution < -0.4 is 9.88 Å². The molecule has 7 nitrogen and oxygen atoms in total. The van der Waals surface area contributed by atoms with Gasteiger partial charge in [0.15, 0.2) is 12.4 Å². The highest BCUT2D eigenvalue weighted by Gasteiger charge is 2.17. The lowest BCUT2D eigenvalue weighted by molar-refractivity contribution is 0.237. The number of nitrogens with zero attached hydrogens (tertiary/aromatic N) is 2. The minimum Gasteiger partial charge on any atom is -0.482 e. The van der Waals surface area contributed by atoms with E-state index in [0.29, 0.717) is 12.2 Å². The highest BCUT2D eigenvalue weighted by Crippen LogP contribution is 2.26. The molecule has 0 aliphatic carbocycles. The Morgan fingerprint density at radius 3 is 2.86 bits per heavy atom. The predicted octanol–water partition coefficient (Wildman–Crippen LogP) is 1.90. The van der Waals surface area contributed by atoms with Crippen molar-refractivity contribution < 1.29 is 17.7 Å². The van der Waals surface area contributed by atoms with Crippen molar-refractivity contribution in [2.24, 2.45) is 5.14 Å². The predicted molar refractivity (Wildman–Crippen MR) is 75.5 cm³/mol. The molecule has 21 heavy (non-hydrogen) atoms. The Kier molecular flexibility index (Phi) is 4.81. The minimum absolute atomic E-state index is 0.0547. The number of nitrogens with two attached hydrogens (primary N) is 1. The summed E-state index contributed by atoms with van der Waals surface area (Å²) in [4.78, 5) is 3.92. The van der Waals surface area contributed by atoms with Crippen molar-refractivity contribution in [3.8, 4) is 5.75 Å². The Bertz CT molecular complexity index is 730. The van der Waals surface area contributed by atoms with E-state index in [0.717, 1.165) is 6.42 Å². The van der Waals surface area contributed by atoms with Crippen LogP contribution in [-0.2, 0) is 23.1 Å². The standard InChI is InChI=1S/C12H14ClN3O4S/c1-2-3-11-15-12(20-16-11)7-19-9-5-4-8(13)6-10(9)21(14,17)18/h4-6H,2-3,7H2,1H3,(H2,14,17,18). The van der Waals surface area contributed by atoms with Gasteiger partial charge in [0.2, 0.25) is 10.0 Å². The van der Waals surface area contributed by atoms with Crippen LogP contribution in [0.25, 0.3) is 0 Å². The van der Waals surface area contributed by atoms with Gasteiger partial charge in [-0.1, -0.05) is 23.7 Å². The van der Waals surface area contributed by atoms with Crippen molar-refractivity contribution in [1.82, 2.24) is 10.1 Å². The second-order valence-corrected chi connectivity index (χ2v) is 6.25. The molecule has 2 aromatic rings. The normalized spacial score (nSPS) is 11.6. The molecule has 0 radical (unpaired) electrons. The lowest BCUT2D eigenvalue weighted by atomic mass is 10.3. The first kappa shape index (κ1) is 15.7. The first-order chi connectivity index (χ1) is 9.90. The Morgan fingerprint density at radius 2 is 2.19 bits per heavy atom. The van der Waals surface area contributed by atoms with Gasteiger partial charge in [0.05, 0.1) is 0 Å². The summed E-state index contributed by atoms with van der Waals surface area (Å²) < 4.78 is 33.4. The SMILES string of the molecule is CCCc1noc(COc2ccc(Cl)cc2S(N)(=O)=O)n1. The number of halogens is 1. The Labute approximate surface area is 127 Å². The van der Waals surface area contributed by atoms with E-state index < -0.39 is 10.0 Å². The molecule has 0 saturated heterocycles. The Morgan fingerprint density at radius 1 is 1.43 bits per heavy atom. The summed E-state index contributed by atoms with van der Waals surface area (Å²) in [6, 6.07) is 4.15. The van der Waals surface area contributed by atoms with Crippen molar-refractivity contribution in [3.05, 3.63) is 34.9 Å². The van der Waals surface area contributed by atoms with Gasteiger partial charge in [-0.05, 0) is 24.6 Å². The van der Waals surface area contributed by atoms with Gasteiger partial charge in [0, 0.05) is 11.4 Å². The number of hydrogen-bond donors (Lipinski definition) is 1. The summed E-state index contributed by atoms with van der Waals surface area (Å²) in [5.74, 6) is 0.921. The fraction of sp³-hybridized carbons (Fsp3) is 0.333. The topological polar surface area (TPSA) is 108 Å². The largest absolute Gasteiger partial charge is 0.482 e. The number of sulfonamides is 1. The zero-order valence-corrected chi connectivity index (χ0v) is 12.8. The first-order valence-electron chi connectivity index (χ1n) is 6.16. The molecular formula is C12H14ClN3O4S. The first-order valence-corrected chi connectivity index (χ1v) is 8.09. The molecule has 0 fully saturated rings. The van der Waals surface area contributed by atoms with Crippen molar-refractivity contribution in [2.75, 3.05) is 0 Å². The quantitative estimate of drug-likeness (QED) is 0.866. The van der Waals surface area contributed by atoms with Crippen molar-refractivity contribution in [1.29, 1.82) is 0 Å². The molecule has 1 aromatic heterocycles. The van der Waals surface area contributed by atoms with Crippen LogP contribution in [0.15, 0.2) is 27.6 Å². The number of rotatable bonds is 6. The van der Waals surface area contributed by atoms with Crippen LogP contribution in [0.3, 0.4) is 0 Å². The third-order valence-electron chi connectivity index (χ3n) is 2.55. The van der Waals surface area contributed by atoms with Crippen LogP contribution in [-0.4, -0.2) is 18.6 Å². The van der Waals surface area contributed by atoms with E-state index >= 15 is 0 Å². The van der Waals surface area contributed by atoms with Gasteiger partial charge < -0.3 is 9.26 Å². The highest BCUT2D eigenvalue weighted by atomic mass is 35.5. The van der Waals surface area contributed by atoms with Gasteiger partial charge in [-0.3, -0.25) is 0 Å². The summed E-state index contributed by atoms with van der Waals surface area (Å²) in [6.45, 7) is 1.94. The molecule has 114 valence electrons. The summed E-state index contributed by atoms with van der Waals surface area (Å²) in [5.41, 5.74) is 0. The van der Waals surface area contributed by atoms with Crippen LogP contribution >= 0.6 is 11.6 Å². The number of benzene rings is 1. The lowest BCUT2D eigenvalue weighted by Gasteiger charge is -2.08. The molecule has 1 aromatic carbocycles. The average molecular weight is 332 g/mol. The molecule has 2 rings (SSSR count). The summed E-state index contributed by atoms with van der Waals surface area (Å²) >= 11 is 5.76. The number of ether oxygens (including phenoxy) is 1. The fourth-order valence-corrected chi connectivity index (χ4v) is 2.57. The number of primary sulfonamides is 1. The fourth-order valence-electron chi connectivity index (χ4n) is 1.64. The van der Waals surface area contributed by atoms with E-state index in [1.165, 1.54) is 18.2 Å². The third kappa shape index (κ3) is 4.16. The van der Waals surface area contributed by atoms with E-state index in [1.54, 1.807) is 0 Å². The molecule has 0 amide bonds. The van der Waals surface area contributed by atoms with Crippen molar-refractivity contribution in [3.63, 3.8) is 0 Å². The minimum atomic E-state index is -3.94. The monoisotopic (exact) mass is 331 g/mol. The zero-order chi connectivity index (χ0) is 15.5. The molecule has 0 unspecified atom stereocenters. The maximum absolute atomic E-state index is 11.5. The molecule has 0 atom stereocenters. The molecule has 1 heterocycles. The number of hydrogen-bond acceptors (Lipinski definition) is 6. The summed E-state index contributed by atoms with van der Waals surface area (Å²) in [6.07, 6.45) is 1.60. The van der Waals surface area contributed by atoms with E-state index in [-0.39, 0.29) is 28.2 Å². The molecule has 0 spiro atoms. The third-order valence-corrected chi connectivity index (χ3v) is 3.71. The molecule has 0 saturated carbocycles. The van der Waals surface area contributed by atoms with Crippen LogP contribution in [0.2, 0.25) is 5.02 Å². The van der Waals surface area contributed by atoms with Gasteiger partial charge in [0.1, 0.15) is 10.6 Å². The Hall–Kier alpha value is -1.64. The smallest absolute Gasteiger partial charge is 0.264 e. The molecule has 9 heteroatoms. The second-order valence-electron chi connectivity index (χ2n) is 4.28. The van der Waals surface area contributed by atoms with Gasteiger partial charge >= 0.3 is 0 Å². The van der Waals surface area contributed by atoms with Gasteiger partial charge in [-0.15, -0.1) is 0 Å². The van der Waals surface area contributed by atoms with E-state index in [1.807, 2.05) is 6.92 Å². The van der Waals surface area contributed by atoms with Crippen LogP contribution in [0.5, 0.6) is 5.75 Å². The summed E-state index contributed by atoms with van der Waals surface area (Å²) in [7, 11) is -3.94. The van der Waals surface area contributed by atoms with Crippen molar-refractivity contribution in [2.45, 2.75) is 31.3 Å². The maximum Gasteiger partial charge on any atom is 0.264 e. The average Bonchev–Trinajstić information content (AvgIpc) is 2.84. The zero-order valence-electron chi connectivity index (χ0n) is 11.2. The van der Waals surface area contributed by atoms with Gasteiger partial charge in [-0.2, -0.15) is 4.98 Å². The molecular weight excluding hydrogens is 318 g/mol. The molecule has 0 aliphatic heterocycles. The van der Waals surface area contributed by atoms with Crippen LogP contribution in [0.4, 0.5) is 0 Å². The molecule has 2 N–H and O–H groups in total. The lowest BCUT2D eigenvalue weighted by Crippen LogP contribution is -2.14. The number of aryl methyl sites for hydroxylation is 1. The van der Waals surface area contributed by atoms with Crippen LogP contribution in [0.1, 0.15) is 25.1 Å².